The molecule has 1 aliphatic rings. The lowest BCUT2D eigenvalue weighted by Gasteiger charge is -2.42. The van der Waals surface area contributed by atoms with Gasteiger partial charge in [-0.15, -0.1) is 0 Å². The van der Waals surface area contributed by atoms with Crippen LogP contribution in [0.3, 0.4) is 0 Å². The Morgan fingerprint density at radius 1 is 1.76 bits per heavy atom. The lowest BCUT2D eigenvalue weighted by atomic mass is 9.83. The van der Waals surface area contributed by atoms with Gasteiger partial charge in [0.05, 0.1) is 17.2 Å². The van der Waals surface area contributed by atoms with Gasteiger partial charge in [-0.2, -0.15) is 0 Å². The molecule has 1 aliphatic carbocycles. The molecule has 2 rings (SSSR count). The van der Waals surface area contributed by atoms with E-state index in [-0.39, 0.29) is 24.1 Å². The molecule has 1 fully saturated rings. The van der Waals surface area contributed by atoms with Gasteiger partial charge in [-0.3, -0.25) is 4.79 Å². The molecular formula is C11H16ClN3O2. The number of nitrogens with two attached hydrogens (primary N) is 1. The molecule has 1 aromatic rings. The van der Waals surface area contributed by atoms with Crippen molar-refractivity contribution in [1.29, 1.82) is 0 Å². The largest absolute Gasteiger partial charge is 0.376 e. The summed E-state index contributed by atoms with van der Waals surface area (Å²) in [6.07, 6.45) is 2.37. The molecular weight excluding hydrogens is 242 g/mol. The molecule has 3 atom stereocenters. The zero-order valence-corrected chi connectivity index (χ0v) is 10.3. The van der Waals surface area contributed by atoms with Gasteiger partial charge in [0.2, 0.25) is 0 Å². The number of ether oxygens (including phenoxy) is 1. The van der Waals surface area contributed by atoms with E-state index in [9.17, 15) is 4.79 Å². The predicted molar refractivity (Wildman–Crippen MR) is 65.1 cm³/mol. The second kappa shape index (κ2) is 5.08. The van der Waals surface area contributed by atoms with E-state index in [2.05, 4.69) is 10.3 Å². The maximum Gasteiger partial charge on any atom is 0.268 e. The summed E-state index contributed by atoms with van der Waals surface area (Å²) < 4.78 is 5.47. The summed E-state index contributed by atoms with van der Waals surface area (Å²) >= 11 is 5.74. The number of aromatic nitrogens is 1. The molecule has 4 N–H and O–H groups in total. The Morgan fingerprint density at radius 2 is 2.53 bits per heavy atom. The monoisotopic (exact) mass is 257 g/mol. The quantitative estimate of drug-likeness (QED) is 0.750. The lowest BCUT2D eigenvalue weighted by Crippen LogP contribution is -2.64. The van der Waals surface area contributed by atoms with Crippen LogP contribution in [-0.4, -0.2) is 35.7 Å². The van der Waals surface area contributed by atoms with Crippen molar-refractivity contribution >= 4 is 17.5 Å². The Labute approximate surface area is 105 Å². The zero-order chi connectivity index (χ0) is 12.4. The molecule has 6 heteroatoms. The van der Waals surface area contributed by atoms with Crippen LogP contribution in [0, 0.1) is 0 Å². The second-order valence-electron chi connectivity index (χ2n) is 4.12. The normalized spacial score (nSPS) is 27.6. The minimum atomic E-state index is -0.207. The van der Waals surface area contributed by atoms with Crippen molar-refractivity contribution < 1.29 is 9.53 Å². The van der Waals surface area contributed by atoms with Crippen LogP contribution < -0.4 is 11.1 Å². The summed E-state index contributed by atoms with van der Waals surface area (Å²) in [6, 6.07) is 1.42. The van der Waals surface area contributed by atoms with E-state index in [1.54, 1.807) is 12.3 Å². The van der Waals surface area contributed by atoms with Gasteiger partial charge in [0.15, 0.2) is 0 Å². The van der Waals surface area contributed by atoms with Crippen molar-refractivity contribution in [3.05, 3.63) is 23.0 Å². The Morgan fingerprint density at radius 3 is 3.06 bits per heavy atom. The fourth-order valence-corrected chi connectivity index (χ4v) is 2.12. The third-order valence-corrected chi connectivity index (χ3v) is 3.16. The first-order valence-corrected chi connectivity index (χ1v) is 6.01. The van der Waals surface area contributed by atoms with Crippen molar-refractivity contribution in [3.8, 4) is 0 Å². The number of carbonyl (C=O) groups excluding carboxylic acids is 1. The number of aromatic amines is 1. The molecule has 94 valence electrons. The number of halogens is 1. The fourth-order valence-electron chi connectivity index (χ4n) is 1.96. The summed E-state index contributed by atoms with van der Waals surface area (Å²) in [4.78, 5) is 14.6. The summed E-state index contributed by atoms with van der Waals surface area (Å²) in [5.74, 6) is -0.207. The minimum absolute atomic E-state index is 0.0179. The number of carbonyl (C=O) groups is 1. The topological polar surface area (TPSA) is 80.1 Å². The molecule has 0 aliphatic heterocycles. The van der Waals surface area contributed by atoms with Gasteiger partial charge < -0.3 is 20.8 Å². The average Bonchev–Trinajstić information content (AvgIpc) is 2.72. The highest BCUT2D eigenvalue weighted by Crippen LogP contribution is 2.23. The van der Waals surface area contributed by atoms with E-state index in [0.717, 1.165) is 6.42 Å². The van der Waals surface area contributed by atoms with Crippen LogP contribution in [0.15, 0.2) is 12.3 Å². The molecule has 0 aromatic carbocycles. The van der Waals surface area contributed by atoms with Crippen LogP contribution >= 0.6 is 11.6 Å². The molecule has 1 saturated carbocycles. The molecule has 1 amide bonds. The van der Waals surface area contributed by atoms with Crippen LogP contribution in [0.25, 0.3) is 0 Å². The smallest absolute Gasteiger partial charge is 0.268 e. The van der Waals surface area contributed by atoms with Crippen LogP contribution in [-0.2, 0) is 4.74 Å². The Hall–Kier alpha value is -1.04. The number of hydrogen-bond acceptors (Lipinski definition) is 3. The molecule has 1 heterocycles. The minimum Gasteiger partial charge on any atom is -0.376 e. The maximum atomic E-state index is 11.8. The molecule has 3 unspecified atom stereocenters. The van der Waals surface area contributed by atoms with Gasteiger partial charge in [0.1, 0.15) is 5.69 Å². The molecule has 0 spiro atoms. The molecule has 0 bridgehead atoms. The van der Waals surface area contributed by atoms with Crippen molar-refractivity contribution in [1.82, 2.24) is 10.3 Å². The maximum absolute atomic E-state index is 11.8. The first kappa shape index (κ1) is 12.4. The molecule has 17 heavy (non-hydrogen) atoms. The second-order valence-corrected chi connectivity index (χ2v) is 4.56. The first-order valence-electron chi connectivity index (χ1n) is 5.63. The summed E-state index contributed by atoms with van der Waals surface area (Å²) in [6.45, 7) is 2.55. The highest BCUT2D eigenvalue weighted by atomic mass is 35.5. The predicted octanol–water partition coefficient (Wildman–Crippen LogP) is 0.903. The average molecular weight is 258 g/mol. The Bertz CT molecular complexity index is 405. The van der Waals surface area contributed by atoms with Gasteiger partial charge in [-0.05, 0) is 19.4 Å². The van der Waals surface area contributed by atoms with Gasteiger partial charge in [-0.1, -0.05) is 11.6 Å². The van der Waals surface area contributed by atoms with Crippen molar-refractivity contribution in [2.75, 3.05) is 6.61 Å². The highest BCUT2D eigenvalue weighted by molar-refractivity contribution is 6.30. The third kappa shape index (κ3) is 2.62. The third-order valence-electron chi connectivity index (χ3n) is 2.94. The van der Waals surface area contributed by atoms with E-state index < -0.39 is 0 Å². The van der Waals surface area contributed by atoms with Gasteiger partial charge >= 0.3 is 0 Å². The van der Waals surface area contributed by atoms with E-state index in [4.69, 9.17) is 22.1 Å². The molecule has 0 saturated heterocycles. The Balaban J connectivity index is 1.94. The number of nitrogens with one attached hydrogen (secondary N) is 2. The van der Waals surface area contributed by atoms with Crippen molar-refractivity contribution in [2.24, 2.45) is 5.73 Å². The first-order chi connectivity index (χ1) is 8.11. The zero-order valence-electron chi connectivity index (χ0n) is 9.57. The van der Waals surface area contributed by atoms with E-state index >= 15 is 0 Å². The van der Waals surface area contributed by atoms with Crippen LogP contribution in [0.2, 0.25) is 5.02 Å². The number of amides is 1. The lowest BCUT2D eigenvalue weighted by molar-refractivity contribution is -0.0300. The summed E-state index contributed by atoms with van der Waals surface area (Å²) in [5.41, 5.74) is 6.28. The SMILES string of the molecule is CCOC1CC(N)C1NC(=O)c1cc(Cl)c[nH]1. The number of H-pyrrole nitrogens is 1. The van der Waals surface area contributed by atoms with Crippen LogP contribution in [0.5, 0.6) is 0 Å². The number of rotatable bonds is 4. The number of hydrogen-bond donors (Lipinski definition) is 3. The van der Waals surface area contributed by atoms with Crippen LogP contribution in [0.1, 0.15) is 23.8 Å². The van der Waals surface area contributed by atoms with E-state index in [1.165, 1.54) is 0 Å². The fraction of sp³-hybridized carbons (Fsp3) is 0.545. The van der Waals surface area contributed by atoms with E-state index in [0.29, 0.717) is 17.3 Å². The molecule has 5 nitrogen and oxygen atoms in total. The Kier molecular flexibility index (Phi) is 3.71. The van der Waals surface area contributed by atoms with E-state index in [1.807, 2.05) is 6.92 Å². The summed E-state index contributed by atoms with van der Waals surface area (Å²) in [7, 11) is 0. The van der Waals surface area contributed by atoms with Gasteiger partial charge in [0, 0.05) is 18.8 Å². The van der Waals surface area contributed by atoms with Crippen molar-refractivity contribution in [3.63, 3.8) is 0 Å². The molecule has 0 radical (unpaired) electrons. The van der Waals surface area contributed by atoms with Crippen molar-refractivity contribution in [2.45, 2.75) is 31.5 Å². The van der Waals surface area contributed by atoms with Gasteiger partial charge in [-0.25, -0.2) is 0 Å². The standard InChI is InChI=1S/C11H16ClN3O2/c1-2-17-9-4-7(13)10(9)15-11(16)8-3-6(12)5-14-8/h3,5,7,9-10,14H,2,4,13H2,1H3,(H,15,16). The summed E-state index contributed by atoms with van der Waals surface area (Å²) in [5, 5.41) is 3.36. The van der Waals surface area contributed by atoms with Crippen LogP contribution in [0.4, 0.5) is 0 Å². The highest BCUT2D eigenvalue weighted by Gasteiger charge is 2.40. The molecule has 1 aromatic heterocycles. The van der Waals surface area contributed by atoms with Gasteiger partial charge in [0.25, 0.3) is 5.91 Å².